The second-order valence-electron chi connectivity index (χ2n) is 9.04. The molecule has 0 aliphatic carbocycles. The minimum atomic E-state index is -0.551. The van der Waals surface area contributed by atoms with Gasteiger partial charge in [-0.15, -0.1) is 0 Å². The van der Waals surface area contributed by atoms with Crippen molar-refractivity contribution >= 4 is 0 Å². The maximum atomic E-state index is 11.0. The number of rotatable bonds is 2. The van der Waals surface area contributed by atoms with Crippen molar-refractivity contribution in [3.8, 4) is 0 Å². The molecule has 2 saturated heterocycles. The highest BCUT2D eigenvalue weighted by Crippen LogP contribution is 2.09. The van der Waals surface area contributed by atoms with Gasteiger partial charge < -0.3 is 29.2 Å². The van der Waals surface area contributed by atoms with Gasteiger partial charge >= 0.3 is 0 Å². The van der Waals surface area contributed by atoms with Gasteiger partial charge in [0, 0.05) is 58.9 Å². The zero-order chi connectivity index (χ0) is 23.8. The van der Waals surface area contributed by atoms with E-state index in [0.29, 0.717) is 112 Å². The molecule has 2 heterocycles. The summed E-state index contributed by atoms with van der Waals surface area (Å²) in [7, 11) is 0. The van der Waals surface area contributed by atoms with Crippen molar-refractivity contribution in [1.82, 2.24) is 14.7 Å². The number of hydrogen-bond acceptors (Lipinski definition) is 9. The molecule has 0 saturated carbocycles. The van der Waals surface area contributed by atoms with Gasteiger partial charge in [0.05, 0.1) is 65.1 Å². The Balaban J connectivity index is 1.74. The van der Waals surface area contributed by atoms with E-state index >= 15 is 0 Å². The van der Waals surface area contributed by atoms with Crippen molar-refractivity contribution in [2.45, 2.75) is 18.8 Å². The van der Waals surface area contributed by atoms with Gasteiger partial charge in [0.2, 0.25) is 0 Å². The van der Waals surface area contributed by atoms with Crippen LogP contribution in [0.15, 0.2) is 30.3 Å². The molecule has 3 rings (SSSR count). The first-order valence-corrected chi connectivity index (χ1v) is 12.6. The Kier molecular flexibility index (Phi) is 13.3. The Bertz CT molecular complexity index is 586. The van der Waals surface area contributed by atoms with Gasteiger partial charge in [0.25, 0.3) is 0 Å². The Morgan fingerprint density at radius 2 is 1.00 bits per heavy atom. The Morgan fingerprint density at radius 1 is 0.588 bits per heavy atom. The molecule has 2 fully saturated rings. The lowest BCUT2D eigenvalue weighted by atomic mass is 10.1. The fraction of sp³-hybridized carbons (Fsp3) is 0.760. The molecule has 2 unspecified atom stereocenters. The Labute approximate surface area is 204 Å². The molecule has 34 heavy (non-hydrogen) atoms. The van der Waals surface area contributed by atoms with Gasteiger partial charge in [-0.05, 0) is 5.56 Å². The van der Waals surface area contributed by atoms with Crippen molar-refractivity contribution in [3.63, 3.8) is 0 Å². The van der Waals surface area contributed by atoms with Crippen LogP contribution in [0.25, 0.3) is 0 Å². The SMILES string of the molecule is OC1CN2CCOCCOCCN(CCOCCOCC2)CC(O)CN(Cc2ccccc2)C1. The van der Waals surface area contributed by atoms with E-state index < -0.39 is 12.2 Å². The van der Waals surface area contributed by atoms with Crippen molar-refractivity contribution in [3.05, 3.63) is 35.9 Å². The zero-order valence-corrected chi connectivity index (χ0v) is 20.4. The summed E-state index contributed by atoms with van der Waals surface area (Å²) in [5, 5.41) is 22.0. The van der Waals surface area contributed by atoms with Crippen LogP contribution in [0, 0.1) is 0 Å². The number of aliphatic hydroxyl groups excluding tert-OH is 2. The standard InChI is InChI=1S/C25H43N3O6/c29-24-19-26-6-10-31-14-15-33-12-8-27(9-13-34-17-16-32-11-7-26)20-25(30)22-28(21-24)18-23-4-2-1-3-5-23/h1-5,24-25,29-30H,6-22H2. The number of aliphatic hydroxyl groups is 2. The summed E-state index contributed by atoms with van der Waals surface area (Å²) in [4.78, 5) is 6.51. The summed E-state index contributed by atoms with van der Waals surface area (Å²) in [5.74, 6) is 0. The normalized spacial score (nSPS) is 30.6. The molecular formula is C25H43N3O6. The molecular weight excluding hydrogens is 438 g/mol. The van der Waals surface area contributed by atoms with Crippen LogP contribution in [0.3, 0.4) is 0 Å². The number of nitrogens with zero attached hydrogens (tertiary/aromatic N) is 3. The lowest BCUT2D eigenvalue weighted by Crippen LogP contribution is -2.46. The molecule has 2 atom stereocenters. The summed E-state index contributed by atoms with van der Waals surface area (Å²) in [5.41, 5.74) is 1.16. The third kappa shape index (κ3) is 11.5. The number of fused-ring (bicyclic) bond motifs is 8. The molecule has 2 aliphatic rings. The first-order chi connectivity index (χ1) is 16.7. The predicted octanol–water partition coefficient (Wildman–Crippen LogP) is -0.0920. The summed E-state index contributed by atoms with van der Waals surface area (Å²) in [6.07, 6.45) is -1.10. The molecule has 194 valence electrons. The fourth-order valence-electron chi connectivity index (χ4n) is 4.36. The minimum absolute atomic E-state index is 0.483. The third-order valence-electron chi connectivity index (χ3n) is 6.08. The molecule has 1 aromatic carbocycles. The molecule has 2 aliphatic heterocycles. The molecule has 2 bridgehead atoms. The fourth-order valence-corrected chi connectivity index (χ4v) is 4.36. The zero-order valence-electron chi connectivity index (χ0n) is 20.4. The van der Waals surface area contributed by atoms with Gasteiger partial charge in [-0.3, -0.25) is 14.7 Å². The summed E-state index contributed by atoms with van der Waals surface area (Å²) in [6.45, 7) is 10.0. The van der Waals surface area contributed by atoms with E-state index in [4.69, 9.17) is 18.9 Å². The average Bonchev–Trinajstić information content (AvgIpc) is 2.81. The van der Waals surface area contributed by atoms with Crippen molar-refractivity contribution in [2.24, 2.45) is 0 Å². The van der Waals surface area contributed by atoms with E-state index in [1.807, 2.05) is 18.2 Å². The van der Waals surface area contributed by atoms with Crippen molar-refractivity contribution in [1.29, 1.82) is 0 Å². The molecule has 9 heteroatoms. The minimum Gasteiger partial charge on any atom is -0.390 e. The second kappa shape index (κ2) is 16.5. The van der Waals surface area contributed by atoms with Gasteiger partial charge in [-0.2, -0.15) is 0 Å². The number of benzene rings is 1. The third-order valence-corrected chi connectivity index (χ3v) is 6.08. The maximum Gasteiger partial charge on any atom is 0.0793 e. The van der Waals surface area contributed by atoms with E-state index in [0.717, 1.165) is 5.56 Å². The maximum absolute atomic E-state index is 11.0. The number of ether oxygens (including phenoxy) is 4. The quantitative estimate of drug-likeness (QED) is 0.602. The van der Waals surface area contributed by atoms with Crippen LogP contribution < -0.4 is 0 Å². The van der Waals surface area contributed by atoms with Crippen LogP contribution in [-0.2, 0) is 25.5 Å². The smallest absolute Gasteiger partial charge is 0.0793 e. The predicted molar refractivity (Wildman–Crippen MR) is 130 cm³/mol. The highest BCUT2D eigenvalue weighted by molar-refractivity contribution is 5.14. The molecule has 0 radical (unpaired) electrons. The van der Waals surface area contributed by atoms with Crippen molar-refractivity contribution < 1.29 is 29.2 Å². The lowest BCUT2D eigenvalue weighted by Gasteiger charge is -2.31. The summed E-state index contributed by atoms with van der Waals surface area (Å²) >= 11 is 0. The van der Waals surface area contributed by atoms with E-state index in [9.17, 15) is 10.2 Å². The van der Waals surface area contributed by atoms with Gasteiger partial charge in [0.15, 0.2) is 0 Å². The highest BCUT2D eigenvalue weighted by atomic mass is 16.5. The average molecular weight is 482 g/mol. The van der Waals surface area contributed by atoms with Crippen LogP contribution in [0.1, 0.15) is 5.56 Å². The van der Waals surface area contributed by atoms with Crippen LogP contribution in [0.4, 0.5) is 0 Å². The molecule has 0 amide bonds. The van der Waals surface area contributed by atoms with E-state index in [-0.39, 0.29) is 0 Å². The van der Waals surface area contributed by atoms with Crippen molar-refractivity contribution in [2.75, 3.05) is 105 Å². The second-order valence-corrected chi connectivity index (χ2v) is 9.04. The molecule has 9 nitrogen and oxygen atoms in total. The van der Waals surface area contributed by atoms with Crippen LogP contribution in [0.2, 0.25) is 0 Å². The van der Waals surface area contributed by atoms with E-state index in [1.165, 1.54) is 0 Å². The molecule has 1 aromatic rings. The largest absolute Gasteiger partial charge is 0.390 e. The topological polar surface area (TPSA) is 87.1 Å². The Hall–Kier alpha value is -1.14. The first-order valence-electron chi connectivity index (χ1n) is 12.6. The van der Waals surface area contributed by atoms with Crippen LogP contribution in [0.5, 0.6) is 0 Å². The van der Waals surface area contributed by atoms with Gasteiger partial charge in [-0.25, -0.2) is 0 Å². The van der Waals surface area contributed by atoms with Crippen LogP contribution >= 0.6 is 0 Å². The monoisotopic (exact) mass is 481 g/mol. The first kappa shape index (κ1) is 27.4. The lowest BCUT2D eigenvalue weighted by molar-refractivity contribution is -0.0000112. The van der Waals surface area contributed by atoms with E-state index in [1.54, 1.807) is 0 Å². The summed E-state index contributed by atoms with van der Waals surface area (Å²) in [6, 6.07) is 10.2. The Morgan fingerprint density at radius 3 is 1.41 bits per heavy atom. The van der Waals surface area contributed by atoms with E-state index in [2.05, 4.69) is 26.8 Å². The van der Waals surface area contributed by atoms with Gasteiger partial charge in [0.1, 0.15) is 0 Å². The highest BCUT2D eigenvalue weighted by Gasteiger charge is 2.21. The molecule has 0 spiro atoms. The van der Waals surface area contributed by atoms with Gasteiger partial charge in [-0.1, -0.05) is 30.3 Å². The molecule has 2 N–H and O–H groups in total. The molecule has 0 aromatic heterocycles. The summed E-state index contributed by atoms with van der Waals surface area (Å²) < 4.78 is 23.0. The van der Waals surface area contributed by atoms with Crippen LogP contribution in [-0.4, -0.2) is 142 Å². The number of hydrogen-bond donors (Lipinski definition) is 2.